The second kappa shape index (κ2) is 9.54. The summed E-state index contributed by atoms with van der Waals surface area (Å²) in [6, 6.07) is 8.09. The summed E-state index contributed by atoms with van der Waals surface area (Å²) in [6.07, 6.45) is 0.920. The molecule has 1 aromatic rings. The van der Waals surface area contributed by atoms with E-state index >= 15 is 0 Å². The summed E-state index contributed by atoms with van der Waals surface area (Å²) in [7, 11) is 0. The van der Waals surface area contributed by atoms with E-state index in [1.807, 2.05) is 30.0 Å². The van der Waals surface area contributed by atoms with E-state index in [2.05, 4.69) is 26.6 Å². The molecule has 0 aromatic heterocycles. The van der Waals surface area contributed by atoms with E-state index in [4.69, 9.17) is 4.74 Å². The third-order valence-electron chi connectivity index (χ3n) is 4.73. The molecular formula is C19H29N5O2. The summed E-state index contributed by atoms with van der Waals surface area (Å²) < 4.78 is 5.36. The minimum atomic E-state index is 0.0420. The Morgan fingerprint density at radius 2 is 2.00 bits per heavy atom. The van der Waals surface area contributed by atoms with Crippen LogP contribution >= 0.6 is 0 Å². The molecule has 1 amide bonds. The van der Waals surface area contributed by atoms with Crippen molar-refractivity contribution in [3.05, 3.63) is 29.8 Å². The first kappa shape index (κ1) is 18.7. The zero-order chi connectivity index (χ0) is 18.2. The number of anilines is 1. The molecule has 2 N–H and O–H groups in total. The number of hydrogen-bond donors (Lipinski definition) is 2. The quantitative estimate of drug-likeness (QED) is 0.571. The average Bonchev–Trinajstić information content (AvgIpc) is 3.11. The number of para-hydroxylation sites is 1. The number of nitrogens with zero attached hydrogens (tertiary/aromatic N) is 3. The minimum absolute atomic E-state index is 0.0420. The molecule has 1 fully saturated rings. The van der Waals surface area contributed by atoms with Gasteiger partial charge in [0.1, 0.15) is 6.54 Å². The molecular weight excluding hydrogens is 330 g/mol. The predicted octanol–water partition coefficient (Wildman–Crippen LogP) is 0.463. The maximum Gasteiger partial charge on any atom is 0.248 e. The fraction of sp³-hybridized carbons (Fsp3) is 0.579. The fourth-order valence-corrected chi connectivity index (χ4v) is 3.33. The van der Waals surface area contributed by atoms with Gasteiger partial charge in [0.25, 0.3) is 0 Å². The van der Waals surface area contributed by atoms with Gasteiger partial charge in [0.2, 0.25) is 5.91 Å². The molecule has 0 unspecified atom stereocenters. The molecule has 3 rings (SSSR count). The van der Waals surface area contributed by atoms with E-state index in [0.717, 1.165) is 64.6 Å². The highest BCUT2D eigenvalue weighted by Crippen LogP contribution is 2.27. The lowest BCUT2D eigenvalue weighted by Gasteiger charge is -2.26. The van der Waals surface area contributed by atoms with Crippen molar-refractivity contribution >= 4 is 17.6 Å². The van der Waals surface area contributed by atoms with Crippen LogP contribution in [0.25, 0.3) is 0 Å². The van der Waals surface area contributed by atoms with Gasteiger partial charge in [0.05, 0.1) is 13.2 Å². The Balaban J connectivity index is 1.49. The maximum atomic E-state index is 12.6. The Bertz CT molecular complexity index is 628. The van der Waals surface area contributed by atoms with Gasteiger partial charge in [-0.05, 0) is 25.0 Å². The first-order chi connectivity index (χ1) is 12.8. The lowest BCUT2D eigenvalue weighted by molar-refractivity contribution is -0.117. The number of hydrogen-bond acceptors (Lipinski definition) is 4. The number of guanidine groups is 1. The van der Waals surface area contributed by atoms with Crippen LogP contribution in [-0.4, -0.2) is 75.8 Å². The molecule has 0 radical (unpaired) electrons. The number of fused-ring (bicyclic) bond motifs is 1. The van der Waals surface area contributed by atoms with Gasteiger partial charge in [-0.3, -0.25) is 9.69 Å². The molecule has 2 aliphatic rings. The molecule has 2 heterocycles. The molecule has 0 bridgehead atoms. The topological polar surface area (TPSA) is 69.2 Å². The molecule has 7 heteroatoms. The molecule has 142 valence electrons. The third kappa shape index (κ3) is 4.95. The first-order valence-electron chi connectivity index (χ1n) is 9.48. The highest BCUT2D eigenvalue weighted by atomic mass is 16.5. The SMILES string of the molecule is CCNC(=NCC(=O)N1CCc2ccccc21)NCCN1CCOCC1. The maximum absolute atomic E-state index is 12.6. The highest BCUT2D eigenvalue weighted by Gasteiger charge is 2.23. The summed E-state index contributed by atoms with van der Waals surface area (Å²) in [6.45, 7) is 9.00. The van der Waals surface area contributed by atoms with Crippen molar-refractivity contribution in [1.82, 2.24) is 15.5 Å². The molecule has 7 nitrogen and oxygen atoms in total. The molecule has 0 saturated carbocycles. The van der Waals surface area contributed by atoms with Gasteiger partial charge in [-0.25, -0.2) is 4.99 Å². The van der Waals surface area contributed by atoms with E-state index in [1.165, 1.54) is 5.56 Å². The normalized spacial score (nSPS) is 17.9. The monoisotopic (exact) mass is 359 g/mol. The smallest absolute Gasteiger partial charge is 0.248 e. The number of ether oxygens (including phenoxy) is 1. The molecule has 1 aromatic carbocycles. The van der Waals surface area contributed by atoms with E-state index in [0.29, 0.717) is 5.96 Å². The van der Waals surface area contributed by atoms with Crippen LogP contribution in [0, 0.1) is 0 Å². The van der Waals surface area contributed by atoms with Crippen molar-refractivity contribution in [2.24, 2.45) is 4.99 Å². The van der Waals surface area contributed by atoms with Crippen molar-refractivity contribution in [1.29, 1.82) is 0 Å². The molecule has 0 spiro atoms. The number of carbonyl (C=O) groups is 1. The molecule has 2 aliphatic heterocycles. The standard InChI is InChI=1S/C19H29N5O2/c1-2-20-19(21-8-10-23-11-13-26-14-12-23)22-15-18(25)24-9-7-16-5-3-4-6-17(16)24/h3-6H,2,7-15H2,1H3,(H2,20,21,22). The van der Waals surface area contributed by atoms with Gasteiger partial charge >= 0.3 is 0 Å². The molecule has 1 saturated heterocycles. The van der Waals surface area contributed by atoms with Gasteiger partial charge in [-0.1, -0.05) is 18.2 Å². The van der Waals surface area contributed by atoms with Crippen LogP contribution < -0.4 is 15.5 Å². The summed E-state index contributed by atoms with van der Waals surface area (Å²) in [5.74, 6) is 0.738. The Kier molecular flexibility index (Phi) is 6.85. The lowest BCUT2D eigenvalue weighted by atomic mass is 10.2. The van der Waals surface area contributed by atoms with Gasteiger partial charge in [-0.2, -0.15) is 0 Å². The van der Waals surface area contributed by atoms with Crippen LogP contribution in [-0.2, 0) is 16.0 Å². The third-order valence-corrected chi connectivity index (χ3v) is 4.73. The Labute approximate surface area is 155 Å². The van der Waals surface area contributed by atoms with Crippen LogP contribution in [0.1, 0.15) is 12.5 Å². The fourth-order valence-electron chi connectivity index (χ4n) is 3.33. The van der Waals surface area contributed by atoms with Gasteiger partial charge < -0.3 is 20.3 Å². The summed E-state index contributed by atoms with van der Waals surface area (Å²) >= 11 is 0. The summed E-state index contributed by atoms with van der Waals surface area (Å²) in [4.78, 5) is 21.3. The summed E-state index contributed by atoms with van der Waals surface area (Å²) in [5.41, 5.74) is 2.26. The number of benzene rings is 1. The second-order valence-electron chi connectivity index (χ2n) is 6.50. The van der Waals surface area contributed by atoms with E-state index < -0.39 is 0 Å². The number of morpholine rings is 1. The molecule has 26 heavy (non-hydrogen) atoms. The van der Waals surface area contributed by atoms with E-state index in [9.17, 15) is 4.79 Å². The second-order valence-corrected chi connectivity index (χ2v) is 6.50. The van der Waals surface area contributed by atoms with Crippen molar-refractivity contribution in [3.8, 4) is 0 Å². The van der Waals surface area contributed by atoms with Crippen LogP contribution in [0.15, 0.2) is 29.3 Å². The first-order valence-corrected chi connectivity index (χ1v) is 9.48. The van der Waals surface area contributed by atoms with Gasteiger partial charge in [0, 0.05) is 45.0 Å². The number of rotatable bonds is 6. The van der Waals surface area contributed by atoms with Gasteiger partial charge in [-0.15, -0.1) is 0 Å². The predicted molar refractivity (Wildman–Crippen MR) is 104 cm³/mol. The average molecular weight is 359 g/mol. The largest absolute Gasteiger partial charge is 0.379 e. The van der Waals surface area contributed by atoms with E-state index in [1.54, 1.807) is 0 Å². The number of aliphatic imine (C=N–C) groups is 1. The number of amides is 1. The zero-order valence-corrected chi connectivity index (χ0v) is 15.5. The molecule has 0 aliphatic carbocycles. The Morgan fingerprint density at radius 1 is 1.19 bits per heavy atom. The number of nitrogens with one attached hydrogen (secondary N) is 2. The van der Waals surface area contributed by atoms with Gasteiger partial charge in [0.15, 0.2) is 5.96 Å². The van der Waals surface area contributed by atoms with Crippen molar-refractivity contribution in [2.45, 2.75) is 13.3 Å². The number of carbonyl (C=O) groups excluding carboxylic acids is 1. The van der Waals surface area contributed by atoms with Crippen molar-refractivity contribution in [2.75, 3.05) is 63.9 Å². The Hall–Kier alpha value is -2.12. The zero-order valence-electron chi connectivity index (χ0n) is 15.5. The van der Waals surface area contributed by atoms with Crippen LogP contribution in [0.2, 0.25) is 0 Å². The van der Waals surface area contributed by atoms with Crippen molar-refractivity contribution in [3.63, 3.8) is 0 Å². The highest BCUT2D eigenvalue weighted by molar-refractivity contribution is 5.98. The minimum Gasteiger partial charge on any atom is -0.379 e. The van der Waals surface area contributed by atoms with Crippen LogP contribution in [0.5, 0.6) is 0 Å². The van der Waals surface area contributed by atoms with Crippen molar-refractivity contribution < 1.29 is 9.53 Å². The van der Waals surface area contributed by atoms with E-state index in [-0.39, 0.29) is 12.5 Å². The molecule has 0 atom stereocenters. The lowest BCUT2D eigenvalue weighted by Crippen LogP contribution is -2.44. The Morgan fingerprint density at radius 3 is 2.81 bits per heavy atom. The van der Waals surface area contributed by atoms with Crippen LogP contribution in [0.4, 0.5) is 5.69 Å². The summed E-state index contributed by atoms with van der Waals surface area (Å²) in [5, 5.41) is 6.53. The van der Waals surface area contributed by atoms with Crippen LogP contribution in [0.3, 0.4) is 0 Å².